The second-order valence-electron chi connectivity index (χ2n) is 8.20. The molecule has 1 aliphatic heterocycles. The van der Waals surface area contributed by atoms with E-state index < -0.39 is 17.6 Å². The highest BCUT2D eigenvalue weighted by molar-refractivity contribution is 8.16. The van der Waals surface area contributed by atoms with Crippen LogP contribution in [0, 0.1) is 5.82 Å². The number of benzene rings is 2. The van der Waals surface area contributed by atoms with Crippen molar-refractivity contribution >= 4 is 16.4 Å². The van der Waals surface area contributed by atoms with Crippen molar-refractivity contribution in [3.8, 4) is 11.1 Å². The lowest BCUT2D eigenvalue weighted by Crippen LogP contribution is -2.34. The van der Waals surface area contributed by atoms with Crippen molar-refractivity contribution in [1.29, 1.82) is 0 Å². The van der Waals surface area contributed by atoms with Gasteiger partial charge < -0.3 is 4.90 Å². The number of alkyl halides is 3. The largest absolute Gasteiger partial charge is 0.416 e. The van der Waals surface area contributed by atoms with Crippen LogP contribution in [0.15, 0.2) is 90.8 Å². The fraction of sp³-hybridized carbons (Fsp3) is 0.185. The highest BCUT2D eigenvalue weighted by Gasteiger charge is 2.34. The van der Waals surface area contributed by atoms with Gasteiger partial charge in [-0.15, -0.1) is 0 Å². The molecule has 176 valence electrons. The SMILES string of the molecule is C=C(Cc1ccc(-c2ccc(F)cc2)cc1C(F)(F)F)N(Cc1ccncc1)C1C=CS(=C)C1. The average Bonchev–Trinajstić information content (AvgIpc) is 3.24. The first-order chi connectivity index (χ1) is 16.2. The zero-order valence-electron chi connectivity index (χ0n) is 18.4. The van der Waals surface area contributed by atoms with Crippen LogP contribution in [0.2, 0.25) is 0 Å². The molecule has 2 aromatic carbocycles. The van der Waals surface area contributed by atoms with Crippen LogP contribution in [-0.4, -0.2) is 27.5 Å². The fourth-order valence-corrected chi connectivity index (χ4v) is 5.26. The Labute approximate surface area is 199 Å². The molecular formula is C27H24F4N2S. The van der Waals surface area contributed by atoms with E-state index in [1.807, 2.05) is 12.1 Å². The molecule has 1 aromatic heterocycles. The Kier molecular flexibility index (Phi) is 7.03. The second kappa shape index (κ2) is 9.97. The number of hydrogen-bond donors (Lipinski definition) is 0. The van der Waals surface area contributed by atoms with Gasteiger partial charge in [0.25, 0.3) is 0 Å². The van der Waals surface area contributed by atoms with Crippen LogP contribution in [-0.2, 0) is 19.1 Å². The molecule has 0 spiro atoms. The summed E-state index contributed by atoms with van der Waals surface area (Å²) in [6.07, 6.45) is 0.976. The predicted molar refractivity (Wildman–Crippen MR) is 132 cm³/mol. The van der Waals surface area contributed by atoms with Crippen LogP contribution in [0.4, 0.5) is 17.6 Å². The topological polar surface area (TPSA) is 16.1 Å². The molecule has 0 N–H and O–H groups in total. The highest BCUT2D eigenvalue weighted by Crippen LogP contribution is 2.37. The number of allylic oxidation sites excluding steroid dienone is 1. The van der Waals surface area contributed by atoms with E-state index >= 15 is 0 Å². The van der Waals surface area contributed by atoms with Gasteiger partial charge in [0, 0.05) is 36.8 Å². The second-order valence-corrected chi connectivity index (χ2v) is 9.88. The maximum Gasteiger partial charge on any atom is 0.416 e. The molecule has 0 radical (unpaired) electrons. The molecule has 0 aliphatic carbocycles. The molecule has 0 amide bonds. The van der Waals surface area contributed by atoms with Crippen molar-refractivity contribution in [2.75, 3.05) is 5.75 Å². The molecule has 0 saturated heterocycles. The van der Waals surface area contributed by atoms with E-state index in [0.29, 0.717) is 23.4 Å². The quantitative estimate of drug-likeness (QED) is 0.264. The van der Waals surface area contributed by atoms with E-state index in [4.69, 9.17) is 0 Å². The van der Waals surface area contributed by atoms with Crippen molar-refractivity contribution in [3.63, 3.8) is 0 Å². The third-order valence-electron chi connectivity index (χ3n) is 5.77. The van der Waals surface area contributed by atoms with Crippen molar-refractivity contribution in [1.82, 2.24) is 9.88 Å². The third kappa shape index (κ3) is 5.65. The van der Waals surface area contributed by atoms with Gasteiger partial charge >= 0.3 is 6.18 Å². The number of pyridine rings is 1. The van der Waals surface area contributed by atoms with E-state index in [1.165, 1.54) is 30.3 Å². The van der Waals surface area contributed by atoms with Gasteiger partial charge in [-0.3, -0.25) is 4.98 Å². The zero-order chi connectivity index (χ0) is 24.3. The molecule has 2 atom stereocenters. The fourth-order valence-electron chi connectivity index (χ4n) is 4.01. The van der Waals surface area contributed by atoms with Gasteiger partial charge in [-0.25, -0.2) is 4.39 Å². The lowest BCUT2D eigenvalue weighted by Gasteiger charge is -2.32. The molecular weight excluding hydrogens is 460 g/mol. The maximum absolute atomic E-state index is 14.0. The first-order valence-corrected chi connectivity index (χ1v) is 12.3. The minimum Gasteiger partial charge on any atom is -0.363 e. The summed E-state index contributed by atoms with van der Waals surface area (Å²) in [7, 11) is -0.121. The Bertz CT molecular complexity index is 1220. The number of nitrogens with zero attached hydrogens (tertiary/aromatic N) is 2. The average molecular weight is 485 g/mol. The minimum absolute atomic E-state index is 0.0225. The van der Waals surface area contributed by atoms with Crippen LogP contribution in [0.3, 0.4) is 0 Å². The number of halogens is 4. The number of rotatable bonds is 7. The van der Waals surface area contributed by atoms with Gasteiger partial charge in [-0.1, -0.05) is 42.8 Å². The molecule has 0 fully saturated rings. The summed E-state index contributed by atoms with van der Waals surface area (Å²) in [5.41, 5.74) is 1.95. The smallest absolute Gasteiger partial charge is 0.363 e. The summed E-state index contributed by atoms with van der Waals surface area (Å²) in [6.45, 7) is 4.70. The molecule has 0 saturated carbocycles. The highest BCUT2D eigenvalue weighted by atomic mass is 32.2. The van der Waals surface area contributed by atoms with E-state index in [-0.39, 0.29) is 28.5 Å². The third-order valence-corrected chi connectivity index (χ3v) is 7.09. The first kappa shape index (κ1) is 24.0. The Hall–Kier alpha value is -3.19. The van der Waals surface area contributed by atoms with Crippen LogP contribution in [0.5, 0.6) is 0 Å². The van der Waals surface area contributed by atoms with Gasteiger partial charge in [-0.2, -0.15) is 23.7 Å². The van der Waals surface area contributed by atoms with Crippen LogP contribution in [0.1, 0.15) is 16.7 Å². The van der Waals surface area contributed by atoms with Crippen molar-refractivity contribution in [2.24, 2.45) is 0 Å². The summed E-state index contributed by atoms with van der Waals surface area (Å²) in [4.78, 5) is 6.10. The minimum atomic E-state index is -4.53. The Morgan fingerprint density at radius 3 is 2.32 bits per heavy atom. The summed E-state index contributed by atoms with van der Waals surface area (Å²) in [6, 6.07) is 13.5. The summed E-state index contributed by atoms with van der Waals surface area (Å²) in [5.74, 6) is 4.48. The lowest BCUT2D eigenvalue weighted by molar-refractivity contribution is -0.138. The van der Waals surface area contributed by atoms with Gasteiger partial charge in [0.15, 0.2) is 0 Å². The van der Waals surface area contributed by atoms with E-state index in [9.17, 15) is 17.6 Å². The Morgan fingerprint density at radius 1 is 1.03 bits per heavy atom. The molecule has 0 bridgehead atoms. The molecule has 7 heteroatoms. The normalized spacial score (nSPS) is 17.6. The maximum atomic E-state index is 14.0. The van der Waals surface area contributed by atoms with Crippen LogP contribution < -0.4 is 0 Å². The number of aromatic nitrogens is 1. The lowest BCUT2D eigenvalue weighted by atomic mass is 9.96. The zero-order valence-corrected chi connectivity index (χ0v) is 19.2. The molecule has 2 heterocycles. The standard InChI is InChI=1S/C27H24F4N2S/c1-19(33(25-11-14-34(2)18-25)17-20-9-12-32-13-10-20)15-23-4-3-22(16-26(23)27(29,30)31)21-5-7-24(28)8-6-21/h3-14,16,25H,1-2,15,17-18H2. The van der Waals surface area contributed by atoms with Gasteiger partial charge in [0.2, 0.25) is 0 Å². The molecule has 3 aromatic rings. The number of hydrogen-bond acceptors (Lipinski definition) is 2. The Balaban J connectivity index is 1.64. The summed E-state index contributed by atoms with van der Waals surface area (Å²) >= 11 is 0. The monoisotopic (exact) mass is 484 g/mol. The first-order valence-electron chi connectivity index (χ1n) is 10.7. The van der Waals surface area contributed by atoms with Crippen LogP contribution in [0.25, 0.3) is 11.1 Å². The molecule has 4 rings (SSSR count). The summed E-state index contributed by atoms with van der Waals surface area (Å²) in [5, 5.41) is 2.05. The van der Waals surface area contributed by atoms with E-state index in [2.05, 4.69) is 33.8 Å². The molecule has 34 heavy (non-hydrogen) atoms. The van der Waals surface area contributed by atoms with Gasteiger partial charge in [0.1, 0.15) is 5.82 Å². The van der Waals surface area contributed by atoms with Gasteiger partial charge in [-0.05, 0) is 58.0 Å². The van der Waals surface area contributed by atoms with Crippen molar-refractivity contribution < 1.29 is 17.6 Å². The van der Waals surface area contributed by atoms with Crippen LogP contribution >= 0.6 is 10.5 Å². The molecule has 2 nitrogen and oxygen atoms in total. The van der Waals surface area contributed by atoms with E-state index in [1.54, 1.807) is 18.5 Å². The Morgan fingerprint density at radius 2 is 1.71 bits per heavy atom. The van der Waals surface area contributed by atoms with Crippen molar-refractivity contribution in [2.45, 2.75) is 25.2 Å². The van der Waals surface area contributed by atoms with Crippen molar-refractivity contribution in [3.05, 3.63) is 113 Å². The summed E-state index contributed by atoms with van der Waals surface area (Å²) < 4.78 is 55.3. The van der Waals surface area contributed by atoms with Gasteiger partial charge in [0.05, 0.1) is 11.6 Å². The van der Waals surface area contributed by atoms with E-state index in [0.717, 1.165) is 17.4 Å². The molecule has 1 aliphatic rings. The predicted octanol–water partition coefficient (Wildman–Crippen LogP) is 7.06. The molecule has 2 unspecified atom stereocenters.